The van der Waals surface area contributed by atoms with Gasteiger partial charge in [-0.25, -0.2) is 0 Å². The van der Waals surface area contributed by atoms with E-state index in [-0.39, 0.29) is 17.3 Å². The lowest BCUT2D eigenvalue weighted by Crippen LogP contribution is -1.94. The Morgan fingerprint density at radius 1 is 0.875 bits per heavy atom. The summed E-state index contributed by atoms with van der Waals surface area (Å²) in [6.45, 7) is 0. The van der Waals surface area contributed by atoms with E-state index < -0.39 is 0 Å². The second-order valence-corrected chi connectivity index (χ2v) is 5.57. The van der Waals surface area contributed by atoms with Gasteiger partial charge in [-0.1, -0.05) is 60.7 Å². The van der Waals surface area contributed by atoms with Crippen LogP contribution in [0.5, 0.6) is 0 Å². The Labute approximate surface area is 138 Å². The minimum atomic E-state index is -0.364. The Balaban J connectivity index is 1.76. The number of hydrogen-bond acceptors (Lipinski definition) is 3. The molecule has 0 saturated carbocycles. The Morgan fingerprint density at radius 2 is 1.62 bits per heavy atom. The summed E-state index contributed by atoms with van der Waals surface area (Å²) in [5.74, 6) is -0.230. The number of carbonyl (C=O) groups is 1. The minimum absolute atomic E-state index is 0.0779. The standard InChI is InChI=1S/C21H14O3/c22-18(15-7-2-1-3-8-15)13-19(23)21-12-17-16-9-5-4-6-14(16)10-11-20(17)24-21/h1-13,22H/b18-13-. The summed E-state index contributed by atoms with van der Waals surface area (Å²) in [6.07, 6.45) is 1.19. The van der Waals surface area contributed by atoms with E-state index in [0.29, 0.717) is 11.1 Å². The van der Waals surface area contributed by atoms with Crippen molar-refractivity contribution in [2.24, 2.45) is 0 Å². The summed E-state index contributed by atoms with van der Waals surface area (Å²) in [6, 6.07) is 22.4. The van der Waals surface area contributed by atoms with Gasteiger partial charge in [0.15, 0.2) is 5.76 Å². The Hall–Kier alpha value is -3.33. The lowest BCUT2D eigenvalue weighted by atomic mass is 10.1. The maximum absolute atomic E-state index is 12.4. The van der Waals surface area contributed by atoms with Crippen molar-refractivity contribution < 1.29 is 14.3 Å². The lowest BCUT2D eigenvalue weighted by molar-refractivity contribution is 0.102. The first-order valence-electron chi connectivity index (χ1n) is 7.64. The van der Waals surface area contributed by atoms with Crippen LogP contribution >= 0.6 is 0 Å². The third-order valence-corrected chi connectivity index (χ3v) is 4.01. The van der Waals surface area contributed by atoms with Crippen molar-refractivity contribution in [2.75, 3.05) is 0 Å². The van der Waals surface area contributed by atoms with Crippen LogP contribution < -0.4 is 0 Å². The third kappa shape index (κ3) is 2.46. The fourth-order valence-corrected chi connectivity index (χ4v) is 2.80. The van der Waals surface area contributed by atoms with Crippen LogP contribution in [-0.4, -0.2) is 10.9 Å². The third-order valence-electron chi connectivity index (χ3n) is 4.01. The normalized spacial score (nSPS) is 11.9. The molecule has 0 aliphatic carbocycles. The first kappa shape index (κ1) is 14.3. The number of benzene rings is 3. The molecule has 0 amide bonds. The molecule has 0 atom stereocenters. The molecule has 0 fully saturated rings. The Morgan fingerprint density at radius 3 is 2.46 bits per heavy atom. The quantitative estimate of drug-likeness (QED) is 0.314. The van der Waals surface area contributed by atoms with Gasteiger partial charge in [-0.05, 0) is 22.9 Å². The second-order valence-electron chi connectivity index (χ2n) is 5.57. The number of aliphatic hydroxyl groups is 1. The van der Waals surface area contributed by atoms with E-state index in [2.05, 4.69) is 0 Å². The summed E-state index contributed by atoms with van der Waals surface area (Å²) in [4.78, 5) is 12.4. The molecule has 0 radical (unpaired) electrons. The first-order valence-corrected chi connectivity index (χ1v) is 7.64. The molecule has 1 aromatic heterocycles. The van der Waals surface area contributed by atoms with Crippen LogP contribution in [0.25, 0.3) is 27.5 Å². The maximum Gasteiger partial charge on any atom is 0.224 e. The van der Waals surface area contributed by atoms with Gasteiger partial charge in [0.1, 0.15) is 11.3 Å². The molecule has 4 aromatic rings. The van der Waals surface area contributed by atoms with Crippen molar-refractivity contribution in [3.05, 3.63) is 90.2 Å². The number of rotatable bonds is 3. The number of fused-ring (bicyclic) bond motifs is 3. The largest absolute Gasteiger partial charge is 0.507 e. The SMILES string of the molecule is O=C(/C=C(\O)c1ccccc1)c1cc2c(ccc3ccccc32)o1. The van der Waals surface area contributed by atoms with E-state index in [1.54, 1.807) is 30.3 Å². The summed E-state index contributed by atoms with van der Waals surface area (Å²) < 4.78 is 5.67. The molecule has 3 heteroatoms. The minimum Gasteiger partial charge on any atom is -0.507 e. The fraction of sp³-hybridized carbons (Fsp3) is 0. The molecule has 0 saturated heterocycles. The molecule has 3 aromatic carbocycles. The van der Waals surface area contributed by atoms with E-state index in [4.69, 9.17) is 4.42 Å². The van der Waals surface area contributed by atoms with Crippen molar-refractivity contribution in [3.8, 4) is 0 Å². The van der Waals surface area contributed by atoms with E-state index >= 15 is 0 Å². The number of aliphatic hydroxyl groups excluding tert-OH is 1. The molecule has 1 heterocycles. The van der Waals surface area contributed by atoms with E-state index in [1.165, 1.54) is 6.08 Å². The zero-order chi connectivity index (χ0) is 16.5. The van der Waals surface area contributed by atoms with Gasteiger partial charge >= 0.3 is 0 Å². The molecule has 116 valence electrons. The summed E-state index contributed by atoms with van der Waals surface area (Å²) in [5, 5.41) is 13.1. The molecule has 3 nitrogen and oxygen atoms in total. The monoisotopic (exact) mass is 314 g/mol. The van der Waals surface area contributed by atoms with Crippen LogP contribution in [0, 0.1) is 0 Å². The number of furan rings is 1. The smallest absolute Gasteiger partial charge is 0.224 e. The predicted octanol–water partition coefficient (Wildman–Crippen LogP) is 5.37. The second kappa shape index (κ2) is 5.70. The molecule has 0 aliphatic rings. The number of ketones is 1. The topological polar surface area (TPSA) is 50.4 Å². The van der Waals surface area contributed by atoms with E-state index in [0.717, 1.165) is 16.2 Å². The van der Waals surface area contributed by atoms with Crippen molar-refractivity contribution in [1.82, 2.24) is 0 Å². The number of carbonyl (C=O) groups excluding carboxylic acids is 1. The van der Waals surface area contributed by atoms with Gasteiger partial charge in [0.2, 0.25) is 5.78 Å². The Bertz CT molecular complexity index is 1070. The van der Waals surface area contributed by atoms with Gasteiger partial charge in [0.25, 0.3) is 0 Å². The van der Waals surface area contributed by atoms with E-state index in [1.807, 2.05) is 42.5 Å². The molecule has 1 N–H and O–H groups in total. The highest BCUT2D eigenvalue weighted by Gasteiger charge is 2.13. The summed E-state index contributed by atoms with van der Waals surface area (Å²) in [7, 11) is 0. The highest BCUT2D eigenvalue weighted by atomic mass is 16.3. The lowest BCUT2D eigenvalue weighted by Gasteiger charge is -1.98. The average molecular weight is 314 g/mol. The van der Waals surface area contributed by atoms with Crippen molar-refractivity contribution in [3.63, 3.8) is 0 Å². The maximum atomic E-state index is 12.4. The van der Waals surface area contributed by atoms with Crippen LogP contribution in [0.2, 0.25) is 0 Å². The van der Waals surface area contributed by atoms with Gasteiger partial charge in [-0.2, -0.15) is 0 Å². The van der Waals surface area contributed by atoms with Crippen molar-refractivity contribution in [1.29, 1.82) is 0 Å². The molecule has 0 unspecified atom stereocenters. The molecule has 0 aliphatic heterocycles. The summed E-state index contributed by atoms with van der Waals surface area (Å²) >= 11 is 0. The van der Waals surface area contributed by atoms with Crippen molar-refractivity contribution in [2.45, 2.75) is 0 Å². The number of allylic oxidation sites excluding steroid dienone is 1. The zero-order valence-corrected chi connectivity index (χ0v) is 12.8. The average Bonchev–Trinajstić information content (AvgIpc) is 3.07. The van der Waals surface area contributed by atoms with Gasteiger partial charge in [-0.3, -0.25) is 4.79 Å². The highest BCUT2D eigenvalue weighted by molar-refractivity contribution is 6.12. The van der Waals surface area contributed by atoms with Gasteiger partial charge < -0.3 is 9.52 Å². The fourth-order valence-electron chi connectivity index (χ4n) is 2.80. The highest BCUT2D eigenvalue weighted by Crippen LogP contribution is 2.28. The van der Waals surface area contributed by atoms with Crippen molar-refractivity contribution >= 4 is 33.3 Å². The van der Waals surface area contributed by atoms with Crippen LogP contribution in [0.4, 0.5) is 0 Å². The predicted molar refractivity (Wildman–Crippen MR) is 95.1 cm³/mol. The molecular weight excluding hydrogens is 300 g/mol. The van der Waals surface area contributed by atoms with Gasteiger partial charge in [0.05, 0.1) is 0 Å². The molecule has 24 heavy (non-hydrogen) atoms. The molecular formula is C21H14O3. The van der Waals surface area contributed by atoms with Crippen LogP contribution in [0.15, 0.2) is 83.3 Å². The molecule has 0 bridgehead atoms. The van der Waals surface area contributed by atoms with Gasteiger partial charge in [-0.15, -0.1) is 0 Å². The van der Waals surface area contributed by atoms with Crippen LogP contribution in [0.3, 0.4) is 0 Å². The molecule has 4 rings (SSSR count). The Kier molecular flexibility index (Phi) is 3.39. The zero-order valence-electron chi connectivity index (χ0n) is 12.8. The van der Waals surface area contributed by atoms with Gasteiger partial charge in [0, 0.05) is 17.0 Å². The number of hydrogen-bond donors (Lipinski definition) is 1. The first-order chi connectivity index (χ1) is 11.7. The van der Waals surface area contributed by atoms with Crippen LogP contribution in [-0.2, 0) is 0 Å². The summed E-state index contributed by atoms with van der Waals surface area (Å²) in [5.41, 5.74) is 1.25. The van der Waals surface area contributed by atoms with Crippen LogP contribution in [0.1, 0.15) is 16.1 Å². The van der Waals surface area contributed by atoms with E-state index in [9.17, 15) is 9.90 Å². The molecule has 0 spiro atoms.